The molecule has 2 N–H and O–H groups in total. The molecule has 2 fully saturated rings. The molecule has 2 nitrogen and oxygen atoms in total. The molecule has 0 spiro atoms. The molecule has 0 radical (unpaired) electrons. The molecule has 3 unspecified atom stereocenters. The molecule has 2 heteroatoms. The third-order valence-corrected chi connectivity index (χ3v) is 6.42. The summed E-state index contributed by atoms with van der Waals surface area (Å²) in [4.78, 5) is 0. The van der Waals surface area contributed by atoms with Crippen LogP contribution in [0.1, 0.15) is 51.2 Å². The monoisotopic (exact) mass is 273 g/mol. The summed E-state index contributed by atoms with van der Waals surface area (Å²) in [5.74, 6) is 0.845. The van der Waals surface area contributed by atoms with Gasteiger partial charge in [0.25, 0.3) is 0 Å². The van der Waals surface area contributed by atoms with Crippen LogP contribution in [0.5, 0.6) is 0 Å². The summed E-state index contributed by atoms with van der Waals surface area (Å²) >= 11 is 0. The minimum Gasteiger partial charge on any atom is -0.373 e. The summed E-state index contributed by atoms with van der Waals surface area (Å²) in [5.41, 5.74) is 8.86. The lowest BCUT2D eigenvalue weighted by atomic mass is 9.70. The number of benzene rings is 1. The van der Waals surface area contributed by atoms with Gasteiger partial charge in [0.05, 0.1) is 12.7 Å². The van der Waals surface area contributed by atoms with Crippen LogP contribution < -0.4 is 5.73 Å². The van der Waals surface area contributed by atoms with Gasteiger partial charge in [0.15, 0.2) is 0 Å². The number of hydrogen-bond donors (Lipinski definition) is 1. The highest BCUT2D eigenvalue weighted by atomic mass is 16.5. The van der Waals surface area contributed by atoms with Gasteiger partial charge in [-0.05, 0) is 47.1 Å². The lowest BCUT2D eigenvalue weighted by Gasteiger charge is -2.38. The first-order valence-electron chi connectivity index (χ1n) is 7.87. The van der Waals surface area contributed by atoms with E-state index in [9.17, 15) is 0 Å². The number of nitrogens with two attached hydrogens (primary N) is 1. The highest BCUT2D eigenvalue weighted by molar-refractivity contribution is 5.22. The summed E-state index contributed by atoms with van der Waals surface area (Å²) in [5, 5.41) is 0. The van der Waals surface area contributed by atoms with Gasteiger partial charge in [-0.1, -0.05) is 45.0 Å². The van der Waals surface area contributed by atoms with Crippen LogP contribution in [0, 0.1) is 16.7 Å². The zero-order valence-electron chi connectivity index (χ0n) is 13.0. The molecule has 1 aromatic rings. The van der Waals surface area contributed by atoms with E-state index < -0.39 is 0 Å². The van der Waals surface area contributed by atoms with Crippen molar-refractivity contribution in [1.82, 2.24) is 0 Å². The number of hydrogen-bond acceptors (Lipinski definition) is 2. The molecule has 2 aliphatic rings. The molecule has 1 aromatic carbocycles. The van der Waals surface area contributed by atoms with Gasteiger partial charge in [-0.25, -0.2) is 0 Å². The van der Waals surface area contributed by atoms with Crippen molar-refractivity contribution in [3.05, 3.63) is 35.4 Å². The van der Waals surface area contributed by atoms with Crippen molar-refractivity contribution in [2.45, 2.75) is 59.3 Å². The van der Waals surface area contributed by atoms with E-state index in [1.54, 1.807) is 0 Å². The van der Waals surface area contributed by atoms with Crippen LogP contribution in [0.3, 0.4) is 0 Å². The number of fused-ring (bicyclic) bond motifs is 2. The molecule has 3 atom stereocenters. The van der Waals surface area contributed by atoms with Crippen molar-refractivity contribution in [1.29, 1.82) is 0 Å². The Kier molecular flexibility index (Phi) is 3.42. The summed E-state index contributed by atoms with van der Waals surface area (Å²) in [6, 6.07) is 8.49. The second-order valence-corrected chi connectivity index (χ2v) is 7.43. The van der Waals surface area contributed by atoms with E-state index in [2.05, 4.69) is 45.0 Å². The molecule has 110 valence electrons. The van der Waals surface area contributed by atoms with Gasteiger partial charge in [-0.15, -0.1) is 0 Å². The van der Waals surface area contributed by atoms with Crippen molar-refractivity contribution in [3.63, 3.8) is 0 Å². The van der Waals surface area contributed by atoms with Gasteiger partial charge in [-0.2, -0.15) is 0 Å². The zero-order valence-corrected chi connectivity index (χ0v) is 13.0. The average molecular weight is 273 g/mol. The Morgan fingerprint density at radius 1 is 1.15 bits per heavy atom. The summed E-state index contributed by atoms with van der Waals surface area (Å²) in [6.45, 7) is 8.64. The molecular formula is C18H27NO. The predicted molar refractivity (Wildman–Crippen MR) is 82.1 cm³/mol. The molecule has 0 heterocycles. The van der Waals surface area contributed by atoms with Crippen LogP contribution in [0.25, 0.3) is 0 Å². The van der Waals surface area contributed by atoms with Gasteiger partial charge < -0.3 is 10.5 Å². The Morgan fingerprint density at radius 2 is 1.80 bits per heavy atom. The topological polar surface area (TPSA) is 35.2 Å². The number of rotatable bonds is 4. The van der Waals surface area contributed by atoms with Crippen LogP contribution in [0.2, 0.25) is 0 Å². The summed E-state index contributed by atoms with van der Waals surface area (Å²) in [7, 11) is 0. The normalized spacial score (nSPS) is 34.6. The van der Waals surface area contributed by atoms with Crippen LogP contribution in [-0.4, -0.2) is 6.10 Å². The zero-order chi connectivity index (χ0) is 14.4. The van der Waals surface area contributed by atoms with E-state index in [1.807, 2.05) is 0 Å². The van der Waals surface area contributed by atoms with Gasteiger partial charge in [0, 0.05) is 6.54 Å². The Bertz CT molecular complexity index is 479. The second-order valence-electron chi connectivity index (χ2n) is 7.43. The highest BCUT2D eigenvalue weighted by Crippen LogP contribution is 2.66. The minimum atomic E-state index is 0.356. The molecule has 3 rings (SSSR count). The Morgan fingerprint density at radius 3 is 2.30 bits per heavy atom. The Balaban J connectivity index is 1.65. The standard InChI is InChI=1S/C18H27NO/c1-17(2)15-8-9-18(17,3)16(10-15)20-12-14-6-4-13(11-19)5-7-14/h4-7,15-16H,8-12,19H2,1-3H3. The highest BCUT2D eigenvalue weighted by Gasteiger charge is 2.61. The first-order valence-corrected chi connectivity index (χ1v) is 7.87. The van der Waals surface area contributed by atoms with Crippen molar-refractivity contribution in [2.75, 3.05) is 0 Å². The van der Waals surface area contributed by atoms with Gasteiger partial charge in [0.2, 0.25) is 0 Å². The molecule has 0 aliphatic heterocycles. The molecule has 2 saturated carbocycles. The van der Waals surface area contributed by atoms with Crippen LogP contribution in [0.15, 0.2) is 24.3 Å². The van der Waals surface area contributed by atoms with Crippen molar-refractivity contribution in [3.8, 4) is 0 Å². The quantitative estimate of drug-likeness (QED) is 0.903. The van der Waals surface area contributed by atoms with Crippen LogP contribution >= 0.6 is 0 Å². The third kappa shape index (κ3) is 2.01. The van der Waals surface area contributed by atoms with Crippen molar-refractivity contribution < 1.29 is 4.74 Å². The molecule has 0 aromatic heterocycles. The molecule has 2 aliphatic carbocycles. The predicted octanol–water partition coefficient (Wildman–Crippen LogP) is 3.88. The van der Waals surface area contributed by atoms with E-state index >= 15 is 0 Å². The maximum atomic E-state index is 6.30. The fourth-order valence-corrected chi connectivity index (χ4v) is 4.35. The SMILES string of the molecule is CC1(C)C2CCC1(C)C(OCc1ccc(CN)cc1)C2. The first kappa shape index (κ1) is 14.1. The van der Waals surface area contributed by atoms with E-state index in [-0.39, 0.29) is 0 Å². The minimum absolute atomic E-state index is 0.356. The molecule has 20 heavy (non-hydrogen) atoms. The molecular weight excluding hydrogens is 246 g/mol. The fourth-order valence-electron chi connectivity index (χ4n) is 4.35. The molecule has 2 bridgehead atoms. The average Bonchev–Trinajstić information content (AvgIpc) is 2.78. The Hall–Kier alpha value is -0.860. The van der Waals surface area contributed by atoms with Crippen molar-refractivity contribution in [2.24, 2.45) is 22.5 Å². The fraction of sp³-hybridized carbons (Fsp3) is 0.667. The van der Waals surface area contributed by atoms with Gasteiger partial charge >= 0.3 is 0 Å². The van der Waals surface area contributed by atoms with E-state index in [4.69, 9.17) is 10.5 Å². The molecule has 0 amide bonds. The van der Waals surface area contributed by atoms with Crippen molar-refractivity contribution >= 4 is 0 Å². The van der Waals surface area contributed by atoms with Gasteiger partial charge in [-0.3, -0.25) is 0 Å². The number of ether oxygens (including phenoxy) is 1. The van der Waals surface area contributed by atoms with E-state index in [0.29, 0.717) is 23.5 Å². The first-order chi connectivity index (χ1) is 9.47. The smallest absolute Gasteiger partial charge is 0.0720 e. The second kappa shape index (κ2) is 4.85. The maximum absolute atomic E-state index is 6.30. The summed E-state index contributed by atoms with van der Waals surface area (Å²) < 4.78 is 6.30. The van der Waals surface area contributed by atoms with E-state index in [0.717, 1.165) is 12.5 Å². The third-order valence-electron chi connectivity index (χ3n) is 6.42. The molecule has 0 saturated heterocycles. The Labute approximate surface area is 122 Å². The lowest BCUT2D eigenvalue weighted by molar-refractivity contribution is -0.0550. The van der Waals surface area contributed by atoms with Gasteiger partial charge in [0.1, 0.15) is 0 Å². The lowest BCUT2D eigenvalue weighted by Crippen LogP contribution is -2.37. The van der Waals surface area contributed by atoms with Crippen LogP contribution in [-0.2, 0) is 17.9 Å². The largest absolute Gasteiger partial charge is 0.373 e. The van der Waals surface area contributed by atoms with Crippen LogP contribution in [0.4, 0.5) is 0 Å². The maximum Gasteiger partial charge on any atom is 0.0720 e. The summed E-state index contributed by atoms with van der Waals surface area (Å²) in [6.07, 6.45) is 4.37. The van der Waals surface area contributed by atoms with E-state index in [1.165, 1.54) is 30.4 Å².